The number of nitrogens with one attached hydrogen (secondary N) is 1. The Balaban J connectivity index is 2.06. The predicted octanol–water partition coefficient (Wildman–Crippen LogP) is 2.75. The minimum Gasteiger partial charge on any atom is -0.472 e. The highest BCUT2D eigenvalue weighted by Gasteiger charge is 2.37. The number of rotatable bonds is 7. The van der Waals surface area contributed by atoms with Crippen LogP contribution in [0.2, 0.25) is 0 Å². The van der Waals surface area contributed by atoms with Crippen LogP contribution in [0.3, 0.4) is 0 Å². The summed E-state index contributed by atoms with van der Waals surface area (Å²) in [7, 11) is 1.81. The van der Waals surface area contributed by atoms with E-state index in [0.717, 1.165) is 13.0 Å². The highest BCUT2D eigenvalue weighted by atomic mass is 16.5. The molecule has 1 aliphatic rings. The molecular formula is C13H21NO2. The quantitative estimate of drug-likeness (QED) is 0.771. The molecule has 1 heterocycles. The fourth-order valence-corrected chi connectivity index (χ4v) is 2.20. The molecule has 2 atom stereocenters. The maximum Gasteiger partial charge on any atom is 0.0951 e. The first kappa shape index (κ1) is 11.7. The van der Waals surface area contributed by atoms with Gasteiger partial charge in [-0.15, -0.1) is 0 Å². The molecule has 0 spiro atoms. The summed E-state index contributed by atoms with van der Waals surface area (Å²) in [4.78, 5) is 0. The molecule has 0 aliphatic heterocycles. The number of hydrogen-bond acceptors (Lipinski definition) is 3. The molecule has 1 N–H and O–H groups in total. The van der Waals surface area contributed by atoms with Crippen LogP contribution in [0, 0.1) is 5.92 Å². The molecule has 1 aromatic rings. The van der Waals surface area contributed by atoms with Crippen molar-refractivity contribution in [3.05, 3.63) is 24.2 Å². The predicted molar refractivity (Wildman–Crippen MR) is 63.3 cm³/mol. The van der Waals surface area contributed by atoms with Gasteiger partial charge in [0.1, 0.15) is 0 Å². The van der Waals surface area contributed by atoms with Crippen molar-refractivity contribution in [1.82, 2.24) is 5.32 Å². The summed E-state index contributed by atoms with van der Waals surface area (Å²) in [6.45, 7) is 3.20. The van der Waals surface area contributed by atoms with Crippen molar-refractivity contribution in [3.63, 3.8) is 0 Å². The van der Waals surface area contributed by atoms with E-state index in [0.29, 0.717) is 5.92 Å². The first-order valence-corrected chi connectivity index (χ1v) is 6.15. The van der Waals surface area contributed by atoms with Crippen molar-refractivity contribution in [3.8, 4) is 0 Å². The Morgan fingerprint density at radius 1 is 1.56 bits per heavy atom. The molecule has 90 valence electrons. The highest BCUT2D eigenvalue weighted by molar-refractivity contribution is 5.15. The number of furan rings is 1. The van der Waals surface area contributed by atoms with Crippen molar-refractivity contribution in [2.24, 2.45) is 5.92 Å². The van der Waals surface area contributed by atoms with Crippen molar-refractivity contribution in [2.75, 3.05) is 13.7 Å². The number of methoxy groups -OCH3 is 1. The van der Waals surface area contributed by atoms with Crippen LogP contribution in [0.5, 0.6) is 0 Å². The molecule has 3 heteroatoms. The van der Waals surface area contributed by atoms with E-state index in [9.17, 15) is 0 Å². The fraction of sp³-hybridized carbons (Fsp3) is 0.692. The van der Waals surface area contributed by atoms with E-state index >= 15 is 0 Å². The zero-order valence-corrected chi connectivity index (χ0v) is 10.1. The lowest BCUT2D eigenvalue weighted by Crippen LogP contribution is -2.35. The Kier molecular flexibility index (Phi) is 4.02. The first-order chi connectivity index (χ1) is 7.86. The van der Waals surface area contributed by atoms with Crippen LogP contribution in [-0.2, 0) is 4.74 Å². The molecule has 16 heavy (non-hydrogen) atoms. The summed E-state index contributed by atoms with van der Waals surface area (Å²) < 4.78 is 10.8. The molecule has 0 radical (unpaired) electrons. The van der Waals surface area contributed by atoms with Gasteiger partial charge in [-0.1, -0.05) is 6.92 Å². The summed E-state index contributed by atoms with van der Waals surface area (Å²) in [6.07, 6.45) is 7.55. The average Bonchev–Trinajstić information content (AvgIpc) is 2.99. The third-order valence-electron chi connectivity index (χ3n) is 3.20. The monoisotopic (exact) mass is 223 g/mol. The normalized spacial score (nSPS) is 19.6. The molecule has 2 unspecified atom stereocenters. The first-order valence-electron chi connectivity index (χ1n) is 6.15. The molecule has 0 saturated heterocycles. The Hall–Kier alpha value is -0.800. The second kappa shape index (κ2) is 5.51. The SMILES string of the molecule is CCCNC(c1ccoc1)C(OC)C1CC1. The van der Waals surface area contributed by atoms with Gasteiger partial charge in [0.2, 0.25) is 0 Å². The van der Waals surface area contributed by atoms with E-state index in [1.165, 1.54) is 18.4 Å². The van der Waals surface area contributed by atoms with Gasteiger partial charge < -0.3 is 14.5 Å². The third kappa shape index (κ3) is 2.66. The summed E-state index contributed by atoms with van der Waals surface area (Å²) in [6, 6.07) is 2.30. The summed E-state index contributed by atoms with van der Waals surface area (Å²) in [5, 5.41) is 3.56. The number of hydrogen-bond donors (Lipinski definition) is 1. The highest BCUT2D eigenvalue weighted by Crippen LogP contribution is 2.39. The van der Waals surface area contributed by atoms with Gasteiger partial charge in [0.25, 0.3) is 0 Å². The molecular weight excluding hydrogens is 202 g/mol. The van der Waals surface area contributed by atoms with Crippen LogP contribution in [0.25, 0.3) is 0 Å². The van der Waals surface area contributed by atoms with E-state index < -0.39 is 0 Å². The molecule has 0 amide bonds. The average molecular weight is 223 g/mol. The molecule has 1 aliphatic carbocycles. The maximum atomic E-state index is 5.65. The Morgan fingerprint density at radius 2 is 2.38 bits per heavy atom. The van der Waals surface area contributed by atoms with Gasteiger partial charge in [-0.2, -0.15) is 0 Å². The van der Waals surface area contributed by atoms with Gasteiger partial charge >= 0.3 is 0 Å². The van der Waals surface area contributed by atoms with E-state index in [2.05, 4.69) is 12.2 Å². The molecule has 3 nitrogen and oxygen atoms in total. The smallest absolute Gasteiger partial charge is 0.0951 e. The zero-order valence-electron chi connectivity index (χ0n) is 10.1. The van der Waals surface area contributed by atoms with E-state index in [1.54, 1.807) is 6.26 Å². The van der Waals surface area contributed by atoms with Crippen LogP contribution in [0.4, 0.5) is 0 Å². The van der Waals surface area contributed by atoms with Crippen LogP contribution in [0.15, 0.2) is 23.0 Å². The van der Waals surface area contributed by atoms with Gasteiger partial charge in [-0.05, 0) is 37.8 Å². The maximum absolute atomic E-state index is 5.65. The van der Waals surface area contributed by atoms with Crippen LogP contribution in [0.1, 0.15) is 37.8 Å². The van der Waals surface area contributed by atoms with E-state index in [1.807, 2.05) is 19.4 Å². The standard InChI is InChI=1S/C13H21NO2/c1-3-7-14-12(11-6-8-16-9-11)13(15-2)10-4-5-10/h6,8-10,12-14H,3-5,7H2,1-2H3. The van der Waals surface area contributed by atoms with Gasteiger partial charge in [0.15, 0.2) is 0 Å². The van der Waals surface area contributed by atoms with Gasteiger partial charge in [-0.3, -0.25) is 0 Å². The number of ether oxygens (including phenoxy) is 1. The Bertz CT molecular complexity index is 293. The molecule has 1 aromatic heterocycles. The summed E-state index contributed by atoms with van der Waals surface area (Å²) in [5.74, 6) is 0.717. The van der Waals surface area contributed by atoms with Gasteiger partial charge in [0, 0.05) is 12.7 Å². The molecule has 0 aromatic carbocycles. The lowest BCUT2D eigenvalue weighted by Gasteiger charge is -2.26. The Labute approximate surface area is 97.2 Å². The van der Waals surface area contributed by atoms with Gasteiger partial charge in [-0.25, -0.2) is 0 Å². The topological polar surface area (TPSA) is 34.4 Å². The van der Waals surface area contributed by atoms with Crippen molar-refractivity contribution >= 4 is 0 Å². The summed E-state index contributed by atoms with van der Waals surface area (Å²) >= 11 is 0. The lowest BCUT2D eigenvalue weighted by molar-refractivity contribution is 0.0505. The van der Waals surface area contributed by atoms with Gasteiger partial charge in [0.05, 0.1) is 24.7 Å². The fourth-order valence-electron chi connectivity index (χ4n) is 2.20. The third-order valence-corrected chi connectivity index (χ3v) is 3.20. The second-order valence-electron chi connectivity index (χ2n) is 4.53. The van der Waals surface area contributed by atoms with Crippen molar-refractivity contribution in [1.29, 1.82) is 0 Å². The van der Waals surface area contributed by atoms with E-state index in [4.69, 9.17) is 9.15 Å². The molecule has 0 bridgehead atoms. The van der Waals surface area contributed by atoms with Crippen molar-refractivity contribution < 1.29 is 9.15 Å². The van der Waals surface area contributed by atoms with Crippen LogP contribution >= 0.6 is 0 Å². The molecule has 1 fully saturated rings. The van der Waals surface area contributed by atoms with Crippen LogP contribution < -0.4 is 5.32 Å². The summed E-state index contributed by atoms with van der Waals surface area (Å²) in [5.41, 5.74) is 1.20. The minimum absolute atomic E-state index is 0.274. The van der Waals surface area contributed by atoms with Crippen LogP contribution in [-0.4, -0.2) is 19.8 Å². The zero-order chi connectivity index (χ0) is 11.4. The van der Waals surface area contributed by atoms with E-state index in [-0.39, 0.29) is 12.1 Å². The lowest BCUT2D eigenvalue weighted by atomic mass is 10.0. The largest absolute Gasteiger partial charge is 0.472 e. The van der Waals surface area contributed by atoms with Crippen molar-refractivity contribution in [2.45, 2.75) is 38.3 Å². The molecule has 1 saturated carbocycles. The molecule has 2 rings (SSSR count). The second-order valence-corrected chi connectivity index (χ2v) is 4.53. The Morgan fingerprint density at radius 3 is 2.88 bits per heavy atom. The minimum atomic E-state index is 0.274.